The molecule has 0 saturated carbocycles. The van der Waals surface area contributed by atoms with E-state index in [9.17, 15) is 0 Å². The predicted octanol–water partition coefficient (Wildman–Crippen LogP) is 0.000300. The van der Waals surface area contributed by atoms with Gasteiger partial charge in [0.2, 0.25) is 0 Å². The maximum atomic E-state index is 5.42. The van der Waals surface area contributed by atoms with Gasteiger partial charge in [-0.25, -0.2) is 0 Å². The molecule has 0 aromatic carbocycles. The van der Waals surface area contributed by atoms with Crippen LogP contribution in [0.4, 0.5) is 0 Å². The molecule has 0 fully saturated rings. The summed E-state index contributed by atoms with van der Waals surface area (Å²) < 4.78 is 12.3. The molecule has 0 unspecified atom stereocenters. The van der Waals surface area contributed by atoms with Crippen LogP contribution in [0.2, 0.25) is 0 Å². The maximum absolute atomic E-state index is 5.42. The number of aromatic nitrogens is 3. The second kappa shape index (κ2) is 9.09. The number of hydrogen-bond acceptors (Lipinski definition) is 5. The summed E-state index contributed by atoms with van der Waals surface area (Å²) in [5.74, 6) is 0.999. The SMILES string of the molecule is COCCCOCCNCCc1nncn1C. The van der Waals surface area contributed by atoms with Crippen LogP contribution in [0, 0.1) is 0 Å². The van der Waals surface area contributed by atoms with Crippen molar-refractivity contribution in [2.45, 2.75) is 12.8 Å². The van der Waals surface area contributed by atoms with Gasteiger partial charge >= 0.3 is 0 Å². The zero-order chi connectivity index (χ0) is 12.3. The number of nitrogens with zero attached hydrogens (tertiary/aromatic N) is 3. The van der Waals surface area contributed by atoms with E-state index in [1.807, 2.05) is 11.6 Å². The first kappa shape index (κ1) is 14.1. The smallest absolute Gasteiger partial charge is 0.133 e. The van der Waals surface area contributed by atoms with E-state index in [0.29, 0.717) is 0 Å². The molecule has 1 heterocycles. The molecule has 1 aromatic rings. The Hall–Kier alpha value is -0.980. The molecular weight excluding hydrogens is 220 g/mol. The van der Waals surface area contributed by atoms with Gasteiger partial charge in [-0.3, -0.25) is 0 Å². The van der Waals surface area contributed by atoms with Crippen LogP contribution >= 0.6 is 0 Å². The van der Waals surface area contributed by atoms with E-state index in [1.54, 1.807) is 13.4 Å². The third-order valence-corrected chi connectivity index (χ3v) is 2.39. The van der Waals surface area contributed by atoms with Crippen molar-refractivity contribution in [3.05, 3.63) is 12.2 Å². The predicted molar refractivity (Wildman–Crippen MR) is 64.9 cm³/mol. The minimum Gasteiger partial charge on any atom is -0.385 e. The Kier molecular flexibility index (Phi) is 7.53. The molecule has 0 bridgehead atoms. The molecule has 0 radical (unpaired) electrons. The zero-order valence-electron chi connectivity index (χ0n) is 10.7. The molecule has 0 aliphatic rings. The van der Waals surface area contributed by atoms with Crippen LogP contribution in [-0.4, -0.2) is 54.8 Å². The molecular formula is C11H22N4O2. The van der Waals surface area contributed by atoms with Crippen molar-refractivity contribution in [2.24, 2.45) is 7.05 Å². The molecule has 1 rings (SSSR count). The average molecular weight is 242 g/mol. The molecule has 1 N–H and O–H groups in total. The highest BCUT2D eigenvalue weighted by Crippen LogP contribution is 1.91. The average Bonchev–Trinajstić information content (AvgIpc) is 2.73. The van der Waals surface area contributed by atoms with Gasteiger partial charge in [-0.1, -0.05) is 0 Å². The fourth-order valence-corrected chi connectivity index (χ4v) is 1.41. The number of ether oxygens (including phenoxy) is 2. The van der Waals surface area contributed by atoms with E-state index in [-0.39, 0.29) is 0 Å². The van der Waals surface area contributed by atoms with Gasteiger partial charge in [0, 0.05) is 46.9 Å². The summed E-state index contributed by atoms with van der Waals surface area (Å²) in [6, 6.07) is 0. The highest BCUT2D eigenvalue weighted by Gasteiger charge is 1.98. The highest BCUT2D eigenvalue weighted by atomic mass is 16.5. The summed E-state index contributed by atoms with van der Waals surface area (Å²) in [5, 5.41) is 11.1. The van der Waals surface area contributed by atoms with Gasteiger partial charge in [0.05, 0.1) is 6.61 Å². The molecule has 0 aliphatic heterocycles. The van der Waals surface area contributed by atoms with E-state index in [1.165, 1.54) is 0 Å². The Bertz CT molecular complexity index is 291. The number of nitrogens with one attached hydrogen (secondary N) is 1. The van der Waals surface area contributed by atoms with Gasteiger partial charge in [-0.15, -0.1) is 10.2 Å². The summed E-state index contributed by atoms with van der Waals surface area (Å²) in [7, 11) is 3.66. The van der Waals surface area contributed by atoms with Crippen LogP contribution in [-0.2, 0) is 22.9 Å². The van der Waals surface area contributed by atoms with Crippen molar-refractivity contribution in [1.82, 2.24) is 20.1 Å². The molecule has 98 valence electrons. The molecule has 6 nitrogen and oxygen atoms in total. The number of rotatable bonds is 10. The normalized spacial score (nSPS) is 10.9. The van der Waals surface area contributed by atoms with Crippen LogP contribution in [0.15, 0.2) is 6.33 Å². The molecule has 0 spiro atoms. The van der Waals surface area contributed by atoms with Gasteiger partial charge < -0.3 is 19.4 Å². The van der Waals surface area contributed by atoms with Crippen LogP contribution in [0.1, 0.15) is 12.2 Å². The summed E-state index contributed by atoms with van der Waals surface area (Å²) in [4.78, 5) is 0. The summed E-state index contributed by atoms with van der Waals surface area (Å²) >= 11 is 0. The van der Waals surface area contributed by atoms with Crippen molar-refractivity contribution in [3.63, 3.8) is 0 Å². The van der Waals surface area contributed by atoms with Crippen molar-refractivity contribution < 1.29 is 9.47 Å². The number of aryl methyl sites for hydroxylation is 1. The topological polar surface area (TPSA) is 61.2 Å². The van der Waals surface area contributed by atoms with Crippen LogP contribution in [0.25, 0.3) is 0 Å². The van der Waals surface area contributed by atoms with Gasteiger partial charge in [0.25, 0.3) is 0 Å². The fraction of sp³-hybridized carbons (Fsp3) is 0.818. The Morgan fingerprint density at radius 2 is 2.18 bits per heavy atom. The van der Waals surface area contributed by atoms with Gasteiger partial charge in [-0.05, 0) is 6.42 Å². The summed E-state index contributed by atoms with van der Waals surface area (Å²) in [5.41, 5.74) is 0. The molecule has 1 aromatic heterocycles. The van der Waals surface area contributed by atoms with E-state index in [4.69, 9.17) is 9.47 Å². The standard InChI is InChI=1S/C11H22N4O2/c1-15-10-13-14-11(15)4-5-12-6-9-17-8-3-7-16-2/h10,12H,3-9H2,1-2H3. The quantitative estimate of drug-likeness (QED) is 0.585. The van der Waals surface area contributed by atoms with E-state index < -0.39 is 0 Å². The van der Waals surface area contributed by atoms with Crippen molar-refractivity contribution in [2.75, 3.05) is 40.0 Å². The Balaban J connectivity index is 1.86. The Morgan fingerprint density at radius 3 is 2.88 bits per heavy atom. The van der Waals surface area contributed by atoms with Gasteiger partial charge in [0.1, 0.15) is 12.2 Å². The third-order valence-electron chi connectivity index (χ3n) is 2.39. The second-order valence-corrected chi connectivity index (χ2v) is 3.82. The van der Waals surface area contributed by atoms with E-state index in [0.717, 1.165) is 51.6 Å². The molecule has 17 heavy (non-hydrogen) atoms. The fourth-order valence-electron chi connectivity index (χ4n) is 1.41. The molecule has 0 amide bonds. The Morgan fingerprint density at radius 1 is 1.29 bits per heavy atom. The first-order valence-electron chi connectivity index (χ1n) is 5.95. The first-order chi connectivity index (χ1) is 8.34. The largest absolute Gasteiger partial charge is 0.385 e. The monoisotopic (exact) mass is 242 g/mol. The molecule has 0 aliphatic carbocycles. The summed E-state index contributed by atoms with van der Waals surface area (Å²) in [6.07, 6.45) is 3.56. The Labute approximate surface area is 102 Å². The lowest BCUT2D eigenvalue weighted by molar-refractivity contribution is 0.104. The van der Waals surface area contributed by atoms with Crippen molar-refractivity contribution in [3.8, 4) is 0 Å². The lowest BCUT2D eigenvalue weighted by atomic mass is 10.4. The van der Waals surface area contributed by atoms with E-state index in [2.05, 4.69) is 15.5 Å². The van der Waals surface area contributed by atoms with Crippen molar-refractivity contribution >= 4 is 0 Å². The minimum atomic E-state index is 0.739. The third kappa shape index (κ3) is 6.35. The minimum absolute atomic E-state index is 0.739. The van der Waals surface area contributed by atoms with Gasteiger partial charge in [0.15, 0.2) is 0 Å². The molecule has 6 heteroatoms. The van der Waals surface area contributed by atoms with Crippen LogP contribution < -0.4 is 5.32 Å². The van der Waals surface area contributed by atoms with E-state index >= 15 is 0 Å². The van der Waals surface area contributed by atoms with Crippen molar-refractivity contribution in [1.29, 1.82) is 0 Å². The lowest BCUT2D eigenvalue weighted by Crippen LogP contribution is -2.23. The second-order valence-electron chi connectivity index (χ2n) is 3.82. The zero-order valence-corrected chi connectivity index (χ0v) is 10.7. The summed E-state index contributed by atoms with van der Waals surface area (Å²) in [6.45, 7) is 4.03. The maximum Gasteiger partial charge on any atom is 0.133 e. The van der Waals surface area contributed by atoms with Crippen LogP contribution in [0.3, 0.4) is 0 Å². The van der Waals surface area contributed by atoms with Gasteiger partial charge in [-0.2, -0.15) is 0 Å². The molecule has 0 saturated heterocycles. The van der Waals surface area contributed by atoms with Crippen LogP contribution in [0.5, 0.6) is 0 Å². The number of hydrogen-bond donors (Lipinski definition) is 1. The molecule has 0 atom stereocenters. The highest BCUT2D eigenvalue weighted by molar-refractivity contribution is 4.84. The first-order valence-corrected chi connectivity index (χ1v) is 5.95. The lowest BCUT2D eigenvalue weighted by Gasteiger charge is -2.05. The number of methoxy groups -OCH3 is 1.